The van der Waals surface area contributed by atoms with E-state index in [1.807, 2.05) is 59.2 Å². The van der Waals surface area contributed by atoms with Crippen molar-refractivity contribution in [2.45, 2.75) is 45.1 Å². The van der Waals surface area contributed by atoms with Crippen molar-refractivity contribution in [2.75, 3.05) is 32.8 Å². The Bertz CT molecular complexity index is 915. The van der Waals surface area contributed by atoms with Crippen LogP contribution in [-0.4, -0.2) is 54.5 Å². The van der Waals surface area contributed by atoms with E-state index in [2.05, 4.69) is 12.1 Å². The normalized spacial score (nSPS) is 20.5. The van der Waals surface area contributed by atoms with Crippen LogP contribution in [-0.2, 0) is 9.59 Å². The van der Waals surface area contributed by atoms with Crippen molar-refractivity contribution >= 4 is 11.8 Å². The summed E-state index contributed by atoms with van der Waals surface area (Å²) in [7, 11) is 0. The summed E-state index contributed by atoms with van der Waals surface area (Å²) in [4.78, 5) is 30.1. The molecule has 2 aromatic carbocycles. The van der Waals surface area contributed by atoms with Crippen LogP contribution in [0.25, 0.3) is 0 Å². The molecule has 2 atom stereocenters. The maximum atomic E-state index is 13.5. The van der Waals surface area contributed by atoms with Gasteiger partial charge >= 0.3 is 0 Å². The highest BCUT2D eigenvalue weighted by molar-refractivity contribution is 5.82. The molecule has 0 unspecified atom stereocenters. The van der Waals surface area contributed by atoms with Crippen molar-refractivity contribution in [3.8, 4) is 11.5 Å². The second-order valence-electron chi connectivity index (χ2n) is 8.78. The molecular weight excluding hydrogens is 416 g/mol. The molecule has 2 amide bonds. The molecule has 2 aliphatic rings. The zero-order chi connectivity index (χ0) is 23.0. The first-order valence-electron chi connectivity index (χ1n) is 12.1. The van der Waals surface area contributed by atoms with Gasteiger partial charge in [-0.25, -0.2) is 0 Å². The molecule has 33 heavy (non-hydrogen) atoms. The van der Waals surface area contributed by atoms with Crippen molar-refractivity contribution in [1.82, 2.24) is 9.80 Å². The topological polar surface area (TPSA) is 59.1 Å². The molecule has 0 aliphatic carbocycles. The minimum atomic E-state index is -0.124. The highest BCUT2D eigenvalue weighted by atomic mass is 16.5. The van der Waals surface area contributed by atoms with Crippen LogP contribution in [0.4, 0.5) is 0 Å². The summed E-state index contributed by atoms with van der Waals surface area (Å²) < 4.78 is 11.2. The van der Waals surface area contributed by atoms with Crippen molar-refractivity contribution in [2.24, 2.45) is 5.92 Å². The largest absolute Gasteiger partial charge is 0.494 e. The van der Waals surface area contributed by atoms with Gasteiger partial charge < -0.3 is 19.3 Å². The average Bonchev–Trinajstić information content (AvgIpc) is 3.35. The quantitative estimate of drug-likeness (QED) is 0.596. The van der Waals surface area contributed by atoms with Gasteiger partial charge in [-0.15, -0.1) is 0 Å². The number of likely N-dealkylation sites (tertiary alicyclic amines) is 2. The van der Waals surface area contributed by atoms with E-state index in [9.17, 15) is 9.59 Å². The van der Waals surface area contributed by atoms with E-state index in [0.717, 1.165) is 55.8 Å². The Labute approximate surface area is 196 Å². The molecule has 2 fully saturated rings. The van der Waals surface area contributed by atoms with E-state index >= 15 is 0 Å². The maximum Gasteiger partial charge on any atom is 0.227 e. The van der Waals surface area contributed by atoms with Crippen LogP contribution in [0.5, 0.6) is 11.5 Å². The first-order valence-corrected chi connectivity index (χ1v) is 12.1. The van der Waals surface area contributed by atoms with Crippen molar-refractivity contribution in [3.05, 3.63) is 60.2 Å². The van der Waals surface area contributed by atoms with Gasteiger partial charge in [0.15, 0.2) is 0 Å². The smallest absolute Gasteiger partial charge is 0.227 e. The van der Waals surface area contributed by atoms with Gasteiger partial charge in [0.1, 0.15) is 11.5 Å². The van der Waals surface area contributed by atoms with Crippen LogP contribution >= 0.6 is 0 Å². The Kier molecular flexibility index (Phi) is 7.87. The van der Waals surface area contributed by atoms with Gasteiger partial charge in [-0.05, 0) is 62.4 Å². The summed E-state index contributed by atoms with van der Waals surface area (Å²) in [5.74, 6) is 1.75. The number of hydrogen-bond donors (Lipinski definition) is 0. The Morgan fingerprint density at radius 2 is 1.64 bits per heavy atom. The summed E-state index contributed by atoms with van der Waals surface area (Å²) in [5, 5.41) is 0. The second-order valence-corrected chi connectivity index (χ2v) is 8.78. The molecule has 6 heteroatoms. The first-order chi connectivity index (χ1) is 16.2. The highest BCUT2D eigenvalue weighted by Gasteiger charge is 2.36. The highest BCUT2D eigenvalue weighted by Crippen LogP contribution is 2.35. The molecule has 2 aromatic rings. The van der Waals surface area contributed by atoms with Crippen LogP contribution in [0.2, 0.25) is 0 Å². The Morgan fingerprint density at radius 3 is 2.39 bits per heavy atom. The van der Waals surface area contributed by atoms with Gasteiger partial charge in [-0.1, -0.05) is 30.3 Å². The molecule has 0 bridgehead atoms. The molecular formula is C27H34N2O4. The zero-order valence-electron chi connectivity index (χ0n) is 19.4. The number of carbonyl (C=O) groups excluding carboxylic acids is 2. The first kappa shape index (κ1) is 23.1. The Morgan fingerprint density at radius 1 is 0.909 bits per heavy atom. The lowest BCUT2D eigenvalue weighted by Crippen LogP contribution is -2.46. The second kappa shape index (κ2) is 11.2. The standard InChI is InChI=1S/C27H34N2O4/c1-2-32-24-14-12-21(13-15-24)25-11-7-18-29(25)27(31)22-8-6-17-28(20-22)26(30)16-19-33-23-9-4-3-5-10-23/h3-5,9-10,12-15,22,25H,2,6-8,11,16-20H2,1H3/t22-,25-/m0/s1. The third kappa shape index (κ3) is 5.86. The van der Waals surface area contributed by atoms with E-state index in [1.165, 1.54) is 0 Å². The number of amides is 2. The summed E-state index contributed by atoms with van der Waals surface area (Å²) in [6.45, 7) is 4.98. The lowest BCUT2D eigenvalue weighted by Gasteiger charge is -2.36. The van der Waals surface area contributed by atoms with Crippen LogP contribution in [0.1, 0.15) is 50.6 Å². The van der Waals surface area contributed by atoms with E-state index in [-0.39, 0.29) is 23.8 Å². The van der Waals surface area contributed by atoms with Crippen molar-refractivity contribution in [1.29, 1.82) is 0 Å². The molecule has 176 valence electrons. The Hall–Kier alpha value is -3.02. The van der Waals surface area contributed by atoms with Crippen molar-refractivity contribution < 1.29 is 19.1 Å². The predicted molar refractivity (Wildman–Crippen MR) is 127 cm³/mol. The molecule has 0 radical (unpaired) electrons. The van der Waals surface area contributed by atoms with Gasteiger partial charge in [0.25, 0.3) is 0 Å². The van der Waals surface area contributed by atoms with Gasteiger partial charge in [0.05, 0.1) is 31.6 Å². The summed E-state index contributed by atoms with van der Waals surface area (Å²) in [5.41, 5.74) is 1.16. The van der Waals surface area contributed by atoms with Crippen molar-refractivity contribution in [3.63, 3.8) is 0 Å². The fourth-order valence-electron chi connectivity index (χ4n) is 4.90. The molecule has 2 saturated heterocycles. The number of piperidine rings is 1. The van der Waals surface area contributed by atoms with Crippen LogP contribution in [0, 0.1) is 5.92 Å². The molecule has 0 aromatic heterocycles. The number of hydrogen-bond acceptors (Lipinski definition) is 4. The summed E-state index contributed by atoms with van der Waals surface area (Å²) in [6, 6.07) is 17.8. The number of rotatable bonds is 8. The SMILES string of the molecule is CCOc1ccc([C@@H]2CCCN2C(=O)[C@H]2CCCN(C(=O)CCOc3ccccc3)C2)cc1. The third-order valence-electron chi connectivity index (χ3n) is 6.56. The fraction of sp³-hybridized carbons (Fsp3) is 0.481. The number of carbonyl (C=O) groups is 2. The molecule has 0 saturated carbocycles. The predicted octanol–water partition coefficient (Wildman–Crippen LogP) is 4.46. The minimum Gasteiger partial charge on any atom is -0.494 e. The lowest BCUT2D eigenvalue weighted by molar-refractivity contribution is -0.141. The number of ether oxygens (including phenoxy) is 2. The lowest BCUT2D eigenvalue weighted by atomic mass is 9.95. The zero-order valence-corrected chi connectivity index (χ0v) is 19.4. The third-order valence-corrected chi connectivity index (χ3v) is 6.56. The van der Waals surface area contributed by atoms with Gasteiger partial charge in [0, 0.05) is 19.6 Å². The van der Waals surface area contributed by atoms with E-state index in [0.29, 0.717) is 26.2 Å². The monoisotopic (exact) mass is 450 g/mol. The molecule has 2 heterocycles. The van der Waals surface area contributed by atoms with Gasteiger partial charge in [-0.3, -0.25) is 9.59 Å². The Balaban J connectivity index is 1.32. The van der Waals surface area contributed by atoms with Gasteiger partial charge in [-0.2, -0.15) is 0 Å². The molecule has 4 rings (SSSR count). The molecule has 6 nitrogen and oxygen atoms in total. The minimum absolute atomic E-state index is 0.0629. The molecule has 2 aliphatic heterocycles. The summed E-state index contributed by atoms with van der Waals surface area (Å²) >= 11 is 0. The van der Waals surface area contributed by atoms with Crippen LogP contribution in [0.3, 0.4) is 0 Å². The van der Waals surface area contributed by atoms with Crippen LogP contribution in [0.15, 0.2) is 54.6 Å². The number of benzene rings is 2. The number of nitrogens with zero attached hydrogens (tertiary/aromatic N) is 2. The van der Waals surface area contributed by atoms with E-state index in [4.69, 9.17) is 9.47 Å². The van der Waals surface area contributed by atoms with E-state index < -0.39 is 0 Å². The van der Waals surface area contributed by atoms with Crippen LogP contribution < -0.4 is 9.47 Å². The fourth-order valence-corrected chi connectivity index (χ4v) is 4.90. The summed E-state index contributed by atoms with van der Waals surface area (Å²) in [6.07, 6.45) is 4.02. The average molecular weight is 451 g/mol. The van der Waals surface area contributed by atoms with Gasteiger partial charge in [0.2, 0.25) is 11.8 Å². The number of para-hydroxylation sites is 1. The molecule has 0 N–H and O–H groups in total. The maximum absolute atomic E-state index is 13.5. The molecule has 0 spiro atoms. The van der Waals surface area contributed by atoms with E-state index in [1.54, 1.807) is 0 Å².